The number of halogens is 2. The molecule has 0 saturated carbocycles. The normalized spacial score (nSPS) is 12.4. The molecule has 0 saturated heterocycles. The van der Waals surface area contributed by atoms with Crippen molar-refractivity contribution < 1.29 is 4.79 Å². The van der Waals surface area contributed by atoms with E-state index in [1.54, 1.807) is 24.4 Å². The number of carbonyl (C=O) groups is 1. The molecule has 2 aromatic rings. The van der Waals surface area contributed by atoms with Gasteiger partial charge in [0.25, 0.3) is 0 Å². The molecule has 0 aliphatic heterocycles. The van der Waals surface area contributed by atoms with Crippen molar-refractivity contribution in [2.45, 2.75) is 12.3 Å². The molecule has 1 aromatic carbocycles. The summed E-state index contributed by atoms with van der Waals surface area (Å²) in [5, 5.41) is 3.32. The molecular weight excluding hydrogens is 271 g/mol. The fraction of sp³-hybridized carbons (Fsp3) is 0.231. The number of fused-ring (bicyclic) bond motifs is 1. The topological polar surface area (TPSA) is 42.0 Å². The van der Waals surface area contributed by atoms with Gasteiger partial charge in [-0.05, 0) is 25.1 Å². The molecule has 2 rings (SSSR count). The molecule has 18 heavy (non-hydrogen) atoms. The van der Waals surface area contributed by atoms with E-state index in [0.29, 0.717) is 22.6 Å². The van der Waals surface area contributed by atoms with Gasteiger partial charge in [-0.3, -0.25) is 9.78 Å². The first-order valence-corrected chi connectivity index (χ1v) is 6.41. The Morgan fingerprint density at radius 3 is 2.94 bits per heavy atom. The lowest BCUT2D eigenvalue weighted by Crippen LogP contribution is -2.26. The number of carbonyl (C=O) groups excluding carboxylic acids is 1. The van der Waals surface area contributed by atoms with Crippen molar-refractivity contribution in [3.05, 3.63) is 41.0 Å². The van der Waals surface area contributed by atoms with Gasteiger partial charge in [0.15, 0.2) is 0 Å². The third-order valence-electron chi connectivity index (χ3n) is 2.60. The smallest absolute Gasteiger partial charge is 0.242 e. The van der Waals surface area contributed by atoms with Crippen LogP contribution in [0.1, 0.15) is 17.9 Å². The van der Waals surface area contributed by atoms with Crippen molar-refractivity contribution in [3.63, 3.8) is 0 Å². The van der Waals surface area contributed by atoms with E-state index in [9.17, 15) is 4.79 Å². The number of likely N-dealkylation sites (N-methyl/N-ethyl adjacent to an activating group) is 1. The molecule has 0 radical (unpaired) electrons. The predicted octanol–water partition coefficient (Wildman–Crippen LogP) is 3.30. The van der Waals surface area contributed by atoms with Gasteiger partial charge in [-0.15, -0.1) is 11.6 Å². The third-order valence-corrected chi connectivity index (χ3v) is 3.36. The molecule has 0 aliphatic carbocycles. The number of hydrogen-bond acceptors (Lipinski definition) is 2. The summed E-state index contributed by atoms with van der Waals surface area (Å²) in [6, 6.07) is 7.13. The Kier molecular flexibility index (Phi) is 4.04. The Morgan fingerprint density at radius 2 is 2.22 bits per heavy atom. The first kappa shape index (κ1) is 13.1. The molecule has 5 heteroatoms. The molecule has 0 aliphatic rings. The summed E-state index contributed by atoms with van der Waals surface area (Å²) in [5.74, 6) is -0.228. The number of nitrogens with zero attached hydrogens (tertiary/aromatic N) is 1. The zero-order valence-corrected chi connectivity index (χ0v) is 11.3. The molecule has 1 heterocycles. The second-order valence-corrected chi connectivity index (χ2v) is 4.64. The Bertz CT molecular complexity index is 586. The average Bonchev–Trinajstić information content (AvgIpc) is 2.39. The highest BCUT2D eigenvalue weighted by atomic mass is 35.5. The molecule has 1 N–H and O–H groups in total. The van der Waals surface area contributed by atoms with Crippen LogP contribution in [0.4, 0.5) is 0 Å². The van der Waals surface area contributed by atoms with Gasteiger partial charge in [-0.2, -0.15) is 0 Å². The number of alkyl halides is 1. The van der Waals surface area contributed by atoms with E-state index in [0.717, 1.165) is 5.39 Å². The van der Waals surface area contributed by atoms with Crippen LogP contribution < -0.4 is 5.32 Å². The lowest BCUT2D eigenvalue weighted by atomic mass is 10.1. The minimum atomic E-state index is -0.764. The molecule has 0 spiro atoms. The molecule has 0 fully saturated rings. The van der Waals surface area contributed by atoms with Gasteiger partial charge < -0.3 is 5.32 Å². The van der Waals surface area contributed by atoms with Gasteiger partial charge in [0, 0.05) is 28.7 Å². The van der Waals surface area contributed by atoms with Crippen molar-refractivity contribution in [2.24, 2.45) is 0 Å². The van der Waals surface area contributed by atoms with Crippen LogP contribution in [0.5, 0.6) is 0 Å². The third kappa shape index (κ3) is 2.42. The maximum absolute atomic E-state index is 11.8. The van der Waals surface area contributed by atoms with Crippen molar-refractivity contribution in [3.8, 4) is 0 Å². The molecule has 0 bridgehead atoms. The molecular formula is C13H12Cl2N2O. The number of hydrogen-bond donors (Lipinski definition) is 1. The highest BCUT2D eigenvalue weighted by Crippen LogP contribution is 2.31. The lowest BCUT2D eigenvalue weighted by molar-refractivity contribution is -0.120. The van der Waals surface area contributed by atoms with Crippen LogP contribution >= 0.6 is 23.2 Å². The Balaban J connectivity index is 2.51. The SMILES string of the molecule is CCNC(=O)C(Cl)c1ccc(Cl)c2cccnc12. The first-order chi connectivity index (χ1) is 8.65. The van der Waals surface area contributed by atoms with E-state index >= 15 is 0 Å². The summed E-state index contributed by atoms with van der Waals surface area (Å²) in [7, 11) is 0. The van der Waals surface area contributed by atoms with Gasteiger partial charge in [0.05, 0.1) is 5.52 Å². The quantitative estimate of drug-likeness (QED) is 0.878. The first-order valence-electron chi connectivity index (χ1n) is 5.60. The number of nitrogens with one attached hydrogen (secondary N) is 1. The summed E-state index contributed by atoms with van der Waals surface area (Å²) in [6.45, 7) is 2.39. The standard InChI is InChI=1S/C13H12Cl2N2O/c1-2-16-13(18)11(15)9-5-6-10(14)8-4-3-7-17-12(8)9/h3-7,11H,2H2,1H3,(H,16,18). The summed E-state index contributed by atoms with van der Waals surface area (Å²) in [5.41, 5.74) is 1.33. The van der Waals surface area contributed by atoms with Gasteiger partial charge in [-0.25, -0.2) is 0 Å². The minimum Gasteiger partial charge on any atom is -0.355 e. The van der Waals surface area contributed by atoms with Crippen LogP contribution in [0.3, 0.4) is 0 Å². The van der Waals surface area contributed by atoms with Gasteiger partial charge in [0.2, 0.25) is 5.91 Å². The molecule has 94 valence electrons. The maximum Gasteiger partial charge on any atom is 0.242 e. The van der Waals surface area contributed by atoms with Crippen LogP contribution in [0.2, 0.25) is 5.02 Å². The monoisotopic (exact) mass is 282 g/mol. The molecule has 1 aromatic heterocycles. The summed E-state index contributed by atoms with van der Waals surface area (Å²) in [4.78, 5) is 16.0. The Morgan fingerprint density at radius 1 is 1.44 bits per heavy atom. The average molecular weight is 283 g/mol. The molecule has 1 atom stereocenters. The Labute approximate surface area is 115 Å². The van der Waals surface area contributed by atoms with Crippen molar-refractivity contribution in [2.75, 3.05) is 6.54 Å². The minimum absolute atomic E-state index is 0.228. The number of aromatic nitrogens is 1. The molecule has 1 amide bonds. The molecule has 3 nitrogen and oxygen atoms in total. The lowest BCUT2D eigenvalue weighted by Gasteiger charge is -2.12. The zero-order chi connectivity index (χ0) is 13.1. The number of pyridine rings is 1. The Hall–Kier alpha value is -1.32. The van der Waals surface area contributed by atoms with E-state index in [2.05, 4.69) is 10.3 Å². The second kappa shape index (κ2) is 5.55. The number of rotatable bonds is 3. The van der Waals surface area contributed by atoms with Gasteiger partial charge in [0.1, 0.15) is 5.38 Å². The van der Waals surface area contributed by atoms with Crippen LogP contribution in [0, 0.1) is 0 Å². The largest absolute Gasteiger partial charge is 0.355 e. The van der Waals surface area contributed by atoms with E-state index in [-0.39, 0.29) is 5.91 Å². The van der Waals surface area contributed by atoms with E-state index in [1.807, 2.05) is 13.0 Å². The second-order valence-electron chi connectivity index (χ2n) is 3.79. The zero-order valence-electron chi connectivity index (χ0n) is 9.78. The van der Waals surface area contributed by atoms with Gasteiger partial charge in [-0.1, -0.05) is 17.7 Å². The van der Waals surface area contributed by atoms with Crippen LogP contribution in [0.15, 0.2) is 30.5 Å². The fourth-order valence-electron chi connectivity index (χ4n) is 1.77. The summed E-state index contributed by atoms with van der Waals surface area (Å²) in [6.07, 6.45) is 1.66. The van der Waals surface area contributed by atoms with Crippen molar-refractivity contribution in [1.29, 1.82) is 0 Å². The van der Waals surface area contributed by atoms with E-state index in [1.165, 1.54) is 0 Å². The predicted molar refractivity (Wildman–Crippen MR) is 74.0 cm³/mol. The number of amides is 1. The number of benzene rings is 1. The van der Waals surface area contributed by atoms with Gasteiger partial charge >= 0.3 is 0 Å². The fourth-order valence-corrected chi connectivity index (χ4v) is 2.24. The van der Waals surface area contributed by atoms with E-state index < -0.39 is 5.38 Å². The van der Waals surface area contributed by atoms with Crippen LogP contribution in [0.25, 0.3) is 10.9 Å². The molecule has 1 unspecified atom stereocenters. The van der Waals surface area contributed by atoms with Crippen LogP contribution in [-0.2, 0) is 4.79 Å². The highest BCUT2D eigenvalue weighted by molar-refractivity contribution is 6.36. The summed E-state index contributed by atoms with van der Waals surface area (Å²) < 4.78 is 0. The van der Waals surface area contributed by atoms with Crippen molar-refractivity contribution in [1.82, 2.24) is 10.3 Å². The maximum atomic E-state index is 11.8. The summed E-state index contributed by atoms with van der Waals surface area (Å²) >= 11 is 12.3. The van der Waals surface area contributed by atoms with Crippen molar-refractivity contribution >= 4 is 40.0 Å². The highest BCUT2D eigenvalue weighted by Gasteiger charge is 2.20. The van der Waals surface area contributed by atoms with Crippen LogP contribution in [-0.4, -0.2) is 17.4 Å². The van der Waals surface area contributed by atoms with E-state index in [4.69, 9.17) is 23.2 Å².